The normalized spacial score (nSPS) is 23.6. The molecule has 0 radical (unpaired) electrons. The van der Waals surface area contributed by atoms with Gasteiger partial charge in [-0.2, -0.15) is 5.10 Å². The highest BCUT2D eigenvalue weighted by Crippen LogP contribution is 2.69. The van der Waals surface area contributed by atoms with Gasteiger partial charge in [-0.3, -0.25) is 4.68 Å². The Hall–Kier alpha value is -0.900. The fourth-order valence-corrected chi connectivity index (χ4v) is 3.22. The first-order valence-corrected chi connectivity index (χ1v) is 6.37. The average Bonchev–Trinajstić information content (AvgIpc) is 2.57. The van der Waals surface area contributed by atoms with Crippen LogP contribution in [0.2, 0.25) is 0 Å². The predicted molar refractivity (Wildman–Crippen MR) is 66.5 cm³/mol. The Labute approximate surface area is 103 Å². The number of rotatable bonds is 4. The molecule has 2 rings (SSSR count). The lowest BCUT2D eigenvalue weighted by molar-refractivity contribution is 0.126. The van der Waals surface area contributed by atoms with Crippen molar-refractivity contribution in [2.45, 2.75) is 53.7 Å². The smallest absolute Gasteiger partial charge is 0.138 e. The van der Waals surface area contributed by atoms with E-state index in [4.69, 9.17) is 0 Å². The first-order chi connectivity index (χ1) is 7.82. The molecule has 0 aromatic carbocycles. The van der Waals surface area contributed by atoms with Crippen LogP contribution in [0.3, 0.4) is 0 Å². The summed E-state index contributed by atoms with van der Waals surface area (Å²) in [7, 11) is 0. The van der Waals surface area contributed by atoms with E-state index in [-0.39, 0.29) is 16.9 Å². The van der Waals surface area contributed by atoms with Gasteiger partial charge in [0.2, 0.25) is 0 Å². The SMILES string of the molecule is CCn1ncnc1CC(O)C1C(C)(C)C1(C)C. The first kappa shape index (κ1) is 12.6. The van der Waals surface area contributed by atoms with Crippen molar-refractivity contribution in [2.24, 2.45) is 16.7 Å². The van der Waals surface area contributed by atoms with Crippen LogP contribution >= 0.6 is 0 Å². The van der Waals surface area contributed by atoms with Gasteiger partial charge in [0.15, 0.2) is 0 Å². The average molecular weight is 237 g/mol. The second kappa shape index (κ2) is 3.80. The Balaban J connectivity index is 2.07. The number of aliphatic hydroxyl groups is 1. The zero-order chi connectivity index (χ0) is 12.8. The minimum absolute atomic E-state index is 0.212. The van der Waals surface area contributed by atoms with Crippen LogP contribution in [-0.2, 0) is 13.0 Å². The minimum Gasteiger partial charge on any atom is -0.392 e. The molecule has 1 aromatic heterocycles. The highest BCUT2D eigenvalue weighted by molar-refractivity contribution is 5.15. The molecule has 4 nitrogen and oxygen atoms in total. The number of aromatic nitrogens is 3. The summed E-state index contributed by atoms with van der Waals surface area (Å²) in [5.74, 6) is 1.23. The third-order valence-electron chi connectivity index (χ3n) is 4.90. The second-order valence-corrected chi connectivity index (χ2v) is 6.18. The summed E-state index contributed by atoms with van der Waals surface area (Å²) in [4.78, 5) is 4.22. The van der Waals surface area contributed by atoms with Crippen LogP contribution in [0, 0.1) is 16.7 Å². The molecule has 0 amide bonds. The Morgan fingerprint density at radius 3 is 2.41 bits per heavy atom. The quantitative estimate of drug-likeness (QED) is 0.870. The van der Waals surface area contributed by atoms with Gasteiger partial charge in [-0.1, -0.05) is 27.7 Å². The van der Waals surface area contributed by atoms with Crippen LogP contribution < -0.4 is 0 Å². The maximum absolute atomic E-state index is 10.4. The summed E-state index contributed by atoms with van der Waals surface area (Å²) >= 11 is 0. The maximum atomic E-state index is 10.4. The Morgan fingerprint density at radius 1 is 1.35 bits per heavy atom. The van der Waals surface area contributed by atoms with Crippen molar-refractivity contribution in [1.82, 2.24) is 14.8 Å². The van der Waals surface area contributed by atoms with E-state index >= 15 is 0 Å². The molecule has 4 heteroatoms. The number of hydrogen-bond donors (Lipinski definition) is 1. The van der Waals surface area contributed by atoms with Crippen molar-refractivity contribution >= 4 is 0 Å². The molecule has 0 saturated heterocycles. The van der Waals surface area contributed by atoms with Crippen LogP contribution in [-0.4, -0.2) is 26.0 Å². The second-order valence-electron chi connectivity index (χ2n) is 6.18. The zero-order valence-electron chi connectivity index (χ0n) is 11.4. The van der Waals surface area contributed by atoms with Gasteiger partial charge in [0.1, 0.15) is 12.2 Å². The van der Waals surface area contributed by atoms with Gasteiger partial charge in [0.05, 0.1) is 6.10 Å². The van der Waals surface area contributed by atoms with Gasteiger partial charge in [0.25, 0.3) is 0 Å². The van der Waals surface area contributed by atoms with Crippen LogP contribution in [0.1, 0.15) is 40.4 Å². The van der Waals surface area contributed by atoms with Crippen molar-refractivity contribution in [2.75, 3.05) is 0 Å². The summed E-state index contributed by atoms with van der Waals surface area (Å²) in [6.45, 7) is 11.8. The minimum atomic E-state index is -0.325. The molecule has 1 N–H and O–H groups in total. The third-order valence-corrected chi connectivity index (χ3v) is 4.90. The fraction of sp³-hybridized carbons (Fsp3) is 0.846. The van der Waals surface area contributed by atoms with Gasteiger partial charge in [0, 0.05) is 13.0 Å². The highest BCUT2D eigenvalue weighted by Gasteiger charge is 2.67. The van der Waals surface area contributed by atoms with Gasteiger partial charge < -0.3 is 5.11 Å². The molecule has 1 atom stereocenters. The maximum Gasteiger partial charge on any atom is 0.138 e. The first-order valence-electron chi connectivity index (χ1n) is 6.37. The molecule has 0 aliphatic heterocycles. The topological polar surface area (TPSA) is 50.9 Å². The summed E-state index contributed by atoms with van der Waals surface area (Å²) in [6.07, 6.45) is 1.84. The van der Waals surface area contributed by atoms with Crippen molar-refractivity contribution in [3.05, 3.63) is 12.2 Å². The molecule has 1 unspecified atom stereocenters. The molecule has 17 heavy (non-hydrogen) atoms. The summed E-state index contributed by atoms with van der Waals surface area (Å²) in [6, 6.07) is 0. The van der Waals surface area contributed by atoms with Gasteiger partial charge in [-0.25, -0.2) is 4.98 Å². The molecule has 0 spiro atoms. The summed E-state index contributed by atoms with van der Waals surface area (Å²) in [5.41, 5.74) is 0.424. The van der Waals surface area contributed by atoms with E-state index in [1.807, 2.05) is 11.6 Å². The monoisotopic (exact) mass is 237 g/mol. The van der Waals surface area contributed by atoms with E-state index in [0.717, 1.165) is 12.4 Å². The van der Waals surface area contributed by atoms with Crippen LogP contribution in [0.5, 0.6) is 0 Å². The van der Waals surface area contributed by atoms with Gasteiger partial charge in [-0.15, -0.1) is 0 Å². The molecule has 1 saturated carbocycles. The highest BCUT2D eigenvalue weighted by atomic mass is 16.3. The molecule has 1 aliphatic rings. The lowest BCUT2D eigenvalue weighted by Crippen LogP contribution is -2.20. The Kier molecular flexibility index (Phi) is 2.81. The Bertz CT molecular complexity index is 395. The summed E-state index contributed by atoms with van der Waals surface area (Å²) < 4.78 is 1.85. The lowest BCUT2D eigenvalue weighted by atomic mass is 10.0. The largest absolute Gasteiger partial charge is 0.392 e. The molecule has 1 aromatic rings. The van der Waals surface area contributed by atoms with E-state index < -0.39 is 0 Å². The predicted octanol–water partition coefficient (Wildman–Crippen LogP) is 1.88. The summed E-state index contributed by atoms with van der Waals surface area (Å²) in [5, 5.41) is 14.5. The van der Waals surface area contributed by atoms with E-state index in [9.17, 15) is 5.11 Å². The van der Waals surface area contributed by atoms with Crippen molar-refractivity contribution in [1.29, 1.82) is 0 Å². The van der Waals surface area contributed by atoms with E-state index in [2.05, 4.69) is 37.8 Å². The van der Waals surface area contributed by atoms with Gasteiger partial charge >= 0.3 is 0 Å². The van der Waals surface area contributed by atoms with Crippen molar-refractivity contribution in [3.63, 3.8) is 0 Å². The molecule has 1 heterocycles. The molecular weight excluding hydrogens is 214 g/mol. The van der Waals surface area contributed by atoms with E-state index in [1.165, 1.54) is 0 Å². The van der Waals surface area contributed by atoms with Crippen LogP contribution in [0.4, 0.5) is 0 Å². The molecular formula is C13H23N3O. The van der Waals surface area contributed by atoms with E-state index in [0.29, 0.717) is 12.3 Å². The molecule has 1 aliphatic carbocycles. The van der Waals surface area contributed by atoms with E-state index in [1.54, 1.807) is 6.33 Å². The number of hydrogen-bond acceptors (Lipinski definition) is 3. The van der Waals surface area contributed by atoms with Crippen molar-refractivity contribution < 1.29 is 5.11 Å². The lowest BCUT2D eigenvalue weighted by Gasteiger charge is -2.12. The fourth-order valence-electron chi connectivity index (χ4n) is 3.22. The van der Waals surface area contributed by atoms with Crippen molar-refractivity contribution in [3.8, 4) is 0 Å². The van der Waals surface area contributed by atoms with Gasteiger partial charge in [-0.05, 0) is 23.7 Å². The molecule has 1 fully saturated rings. The van der Waals surface area contributed by atoms with Crippen LogP contribution in [0.25, 0.3) is 0 Å². The third kappa shape index (κ3) is 1.79. The standard InChI is InChI=1S/C13H23N3O/c1-6-16-10(14-8-15-16)7-9(17)11-12(2,3)13(11,4)5/h8-9,11,17H,6-7H2,1-5H3. The molecule has 96 valence electrons. The Morgan fingerprint density at radius 2 is 1.94 bits per heavy atom. The zero-order valence-corrected chi connectivity index (χ0v) is 11.4. The van der Waals surface area contributed by atoms with Crippen LogP contribution in [0.15, 0.2) is 6.33 Å². The number of nitrogens with zero attached hydrogens (tertiary/aromatic N) is 3. The molecule has 0 bridgehead atoms. The number of aliphatic hydroxyl groups excluding tert-OH is 1. The number of aryl methyl sites for hydroxylation is 1.